The third kappa shape index (κ3) is 6.39. The van der Waals surface area contributed by atoms with Gasteiger partial charge in [-0.05, 0) is 36.2 Å². The van der Waals surface area contributed by atoms with E-state index in [9.17, 15) is 9.59 Å². The molecular formula is C20H22N2O5. The molecule has 0 unspecified atom stereocenters. The first-order valence-electron chi connectivity index (χ1n) is 8.23. The highest BCUT2D eigenvalue weighted by molar-refractivity contribution is 5.92. The summed E-state index contributed by atoms with van der Waals surface area (Å²) in [4.78, 5) is 22.9. The van der Waals surface area contributed by atoms with Gasteiger partial charge in [0.2, 0.25) is 0 Å². The minimum atomic E-state index is -0.578. The first-order valence-corrected chi connectivity index (χ1v) is 8.23. The number of ether oxygens (including phenoxy) is 3. The Morgan fingerprint density at radius 1 is 1.11 bits per heavy atom. The maximum atomic E-state index is 12.1. The summed E-state index contributed by atoms with van der Waals surface area (Å²) < 4.78 is 16.0. The van der Waals surface area contributed by atoms with Gasteiger partial charge in [0, 0.05) is 11.8 Å². The fourth-order valence-corrected chi connectivity index (χ4v) is 2.28. The Morgan fingerprint density at radius 3 is 2.63 bits per heavy atom. The zero-order valence-corrected chi connectivity index (χ0v) is 15.1. The highest BCUT2D eigenvalue weighted by Crippen LogP contribution is 2.28. The first kappa shape index (κ1) is 19.8. The fourth-order valence-electron chi connectivity index (χ4n) is 2.28. The Labute approximate surface area is 157 Å². The summed E-state index contributed by atoms with van der Waals surface area (Å²) in [6, 6.07) is 12.1. The largest absolute Gasteiger partial charge is 0.493 e. The molecule has 0 spiro atoms. The van der Waals surface area contributed by atoms with Crippen molar-refractivity contribution in [1.29, 1.82) is 0 Å². The predicted octanol–water partition coefficient (Wildman–Crippen LogP) is 2.31. The molecule has 2 rings (SSSR count). The van der Waals surface area contributed by atoms with Gasteiger partial charge in [-0.3, -0.25) is 9.59 Å². The van der Waals surface area contributed by atoms with Crippen LogP contribution in [0.1, 0.15) is 5.56 Å². The van der Waals surface area contributed by atoms with E-state index in [1.807, 2.05) is 12.1 Å². The quantitative estimate of drug-likeness (QED) is 0.625. The van der Waals surface area contributed by atoms with E-state index >= 15 is 0 Å². The molecule has 0 aliphatic carbocycles. The van der Waals surface area contributed by atoms with Crippen molar-refractivity contribution < 1.29 is 23.8 Å². The average Bonchev–Trinajstić information content (AvgIpc) is 2.65. The molecule has 2 aromatic rings. The summed E-state index contributed by atoms with van der Waals surface area (Å²) in [5.74, 6) is 0.514. The van der Waals surface area contributed by atoms with Crippen LogP contribution >= 0.6 is 0 Å². The summed E-state index contributed by atoms with van der Waals surface area (Å²) >= 11 is 0. The van der Waals surface area contributed by atoms with E-state index in [0.717, 1.165) is 5.56 Å². The Balaban J connectivity index is 1.93. The summed E-state index contributed by atoms with van der Waals surface area (Å²) in [6.45, 7) is 3.28. The minimum absolute atomic E-state index is 0.191. The summed E-state index contributed by atoms with van der Waals surface area (Å²) in [5, 5.41) is 2.70. The number of nitrogens with one attached hydrogen (secondary N) is 1. The molecule has 3 N–H and O–H groups in total. The average molecular weight is 370 g/mol. The summed E-state index contributed by atoms with van der Waals surface area (Å²) in [6.07, 6.45) is 2.51. The van der Waals surface area contributed by atoms with Gasteiger partial charge in [-0.1, -0.05) is 18.2 Å². The molecule has 142 valence electrons. The van der Waals surface area contributed by atoms with Crippen LogP contribution in [0.3, 0.4) is 0 Å². The van der Waals surface area contributed by atoms with Gasteiger partial charge in [0.05, 0.1) is 7.11 Å². The van der Waals surface area contributed by atoms with Crippen molar-refractivity contribution >= 4 is 17.5 Å². The molecule has 0 aromatic heterocycles. The van der Waals surface area contributed by atoms with Crippen LogP contribution in [0.25, 0.3) is 0 Å². The second-order valence-electron chi connectivity index (χ2n) is 5.60. The normalized spacial score (nSPS) is 9.96. The van der Waals surface area contributed by atoms with Crippen molar-refractivity contribution in [2.45, 2.75) is 6.42 Å². The lowest BCUT2D eigenvalue weighted by atomic mass is 10.1. The number of allylic oxidation sites excluding steroid dienone is 1. The number of primary amides is 1. The van der Waals surface area contributed by atoms with Crippen molar-refractivity contribution in [1.82, 2.24) is 0 Å². The molecule has 0 saturated heterocycles. The van der Waals surface area contributed by atoms with Crippen LogP contribution in [-0.2, 0) is 16.0 Å². The molecule has 7 nitrogen and oxygen atoms in total. The zero-order chi connectivity index (χ0) is 19.6. The molecule has 0 aliphatic heterocycles. The smallest absolute Gasteiger partial charge is 0.262 e. The first-order chi connectivity index (χ1) is 13.0. The van der Waals surface area contributed by atoms with Gasteiger partial charge in [0.1, 0.15) is 5.75 Å². The van der Waals surface area contributed by atoms with E-state index in [4.69, 9.17) is 19.9 Å². The van der Waals surface area contributed by atoms with E-state index in [-0.39, 0.29) is 19.1 Å². The Hall–Kier alpha value is -3.48. The van der Waals surface area contributed by atoms with E-state index in [1.165, 1.54) is 7.11 Å². The standard InChI is InChI=1S/C20H22N2O5/c1-3-5-14-8-9-17(18(10-14)25-2)27-13-20(24)22-15-6-4-7-16(11-15)26-12-19(21)23/h3-4,6-11H,1,5,12-13H2,2H3,(H2,21,23)(H,22,24). The van der Waals surface area contributed by atoms with Gasteiger partial charge in [0.15, 0.2) is 24.7 Å². The lowest BCUT2D eigenvalue weighted by Crippen LogP contribution is -2.21. The summed E-state index contributed by atoms with van der Waals surface area (Å²) in [5.41, 5.74) is 6.58. The van der Waals surface area contributed by atoms with Crippen LogP contribution in [0, 0.1) is 0 Å². The highest BCUT2D eigenvalue weighted by atomic mass is 16.5. The zero-order valence-electron chi connectivity index (χ0n) is 15.1. The number of amides is 2. The van der Waals surface area contributed by atoms with Gasteiger partial charge < -0.3 is 25.3 Å². The Kier molecular flexibility index (Phi) is 7.25. The number of hydrogen-bond acceptors (Lipinski definition) is 5. The lowest BCUT2D eigenvalue weighted by Gasteiger charge is -2.12. The summed E-state index contributed by atoms with van der Waals surface area (Å²) in [7, 11) is 1.54. The van der Waals surface area contributed by atoms with Crippen molar-refractivity contribution in [2.75, 3.05) is 25.6 Å². The van der Waals surface area contributed by atoms with Crippen LogP contribution in [0.2, 0.25) is 0 Å². The topological polar surface area (TPSA) is 99.9 Å². The number of nitrogens with two attached hydrogens (primary N) is 1. The molecule has 2 amide bonds. The highest BCUT2D eigenvalue weighted by Gasteiger charge is 2.09. The van der Waals surface area contributed by atoms with E-state index in [2.05, 4.69) is 11.9 Å². The molecule has 0 fully saturated rings. The Morgan fingerprint density at radius 2 is 1.93 bits per heavy atom. The molecule has 0 radical (unpaired) electrons. The van der Waals surface area contributed by atoms with Crippen LogP contribution < -0.4 is 25.3 Å². The number of methoxy groups -OCH3 is 1. The molecule has 0 aliphatic rings. The van der Waals surface area contributed by atoms with Gasteiger partial charge >= 0.3 is 0 Å². The second-order valence-corrected chi connectivity index (χ2v) is 5.60. The maximum absolute atomic E-state index is 12.1. The fraction of sp³-hybridized carbons (Fsp3) is 0.200. The van der Waals surface area contributed by atoms with Crippen LogP contribution in [0.4, 0.5) is 5.69 Å². The molecule has 0 bridgehead atoms. The van der Waals surface area contributed by atoms with E-state index in [1.54, 1.807) is 36.4 Å². The number of benzene rings is 2. The number of rotatable bonds is 10. The lowest BCUT2D eigenvalue weighted by molar-refractivity contribution is -0.120. The molecule has 7 heteroatoms. The van der Waals surface area contributed by atoms with E-state index < -0.39 is 5.91 Å². The molecular weight excluding hydrogens is 348 g/mol. The monoisotopic (exact) mass is 370 g/mol. The van der Waals surface area contributed by atoms with Crippen LogP contribution in [0.5, 0.6) is 17.2 Å². The van der Waals surface area contributed by atoms with Gasteiger partial charge in [0.25, 0.3) is 11.8 Å². The molecule has 0 atom stereocenters. The SMILES string of the molecule is C=CCc1ccc(OCC(=O)Nc2cccc(OCC(N)=O)c2)c(OC)c1. The third-order valence-corrected chi connectivity index (χ3v) is 3.47. The second kappa shape index (κ2) is 9.86. The number of carbonyl (C=O) groups is 2. The number of hydrogen-bond donors (Lipinski definition) is 2. The van der Waals surface area contributed by atoms with Crippen molar-refractivity contribution in [3.05, 3.63) is 60.7 Å². The van der Waals surface area contributed by atoms with Crippen LogP contribution in [0.15, 0.2) is 55.1 Å². The van der Waals surface area contributed by atoms with Gasteiger partial charge in [-0.2, -0.15) is 0 Å². The maximum Gasteiger partial charge on any atom is 0.262 e. The number of carbonyl (C=O) groups excluding carboxylic acids is 2. The predicted molar refractivity (Wildman–Crippen MR) is 102 cm³/mol. The molecule has 2 aromatic carbocycles. The van der Waals surface area contributed by atoms with Crippen molar-refractivity contribution in [3.8, 4) is 17.2 Å². The van der Waals surface area contributed by atoms with E-state index in [0.29, 0.717) is 29.4 Å². The third-order valence-electron chi connectivity index (χ3n) is 3.47. The minimum Gasteiger partial charge on any atom is -0.493 e. The van der Waals surface area contributed by atoms with Crippen molar-refractivity contribution in [3.63, 3.8) is 0 Å². The van der Waals surface area contributed by atoms with Gasteiger partial charge in [-0.15, -0.1) is 6.58 Å². The molecule has 27 heavy (non-hydrogen) atoms. The van der Waals surface area contributed by atoms with Gasteiger partial charge in [-0.25, -0.2) is 0 Å². The van der Waals surface area contributed by atoms with Crippen molar-refractivity contribution in [2.24, 2.45) is 5.73 Å². The van der Waals surface area contributed by atoms with Crippen LogP contribution in [-0.4, -0.2) is 32.1 Å². The molecule has 0 heterocycles. The molecule has 0 saturated carbocycles. The Bertz CT molecular complexity index is 820. The number of anilines is 1.